The maximum atomic E-state index is 14.3. The summed E-state index contributed by atoms with van der Waals surface area (Å²) in [5, 5.41) is 4.44. The number of ether oxygens (including phenoxy) is 3. The zero-order valence-electron chi connectivity index (χ0n) is 20.6. The molecule has 0 bridgehead atoms. The van der Waals surface area contributed by atoms with Crippen LogP contribution in [0.3, 0.4) is 0 Å². The third-order valence-corrected chi connectivity index (χ3v) is 8.60. The van der Waals surface area contributed by atoms with Crippen molar-refractivity contribution in [3.05, 3.63) is 70.2 Å². The molecule has 1 N–H and O–H groups in total. The number of benzene rings is 2. The number of imide groups is 1. The number of aromatic nitrogens is 1. The maximum absolute atomic E-state index is 14.3. The maximum Gasteiger partial charge on any atom is 0.586 e. The van der Waals surface area contributed by atoms with Crippen LogP contribution in [0.25, 0.3) is 0 Å². The van der Waals surface area contributed by atoms with Gasteiger partial charge in [-0.3, -0.25) is 4.79 Å². The number of esters is 1. The van der Waals surface area contributed by atoms with Gasteiger partial charge in [-0.1, -0.05) is 41.7 Å². The molecule has 4 atom stereocenters. The number of carbonyl (C=O) groups is 4. The molecule has 1 aromatic heterocycles. The van der Waals surface area contributed by atoms with E-state index in [1.807, 2.05) is 24.3 Å². The van der Waals surface area contributed by atoms with Crippen LogP contribution in [0.4, 0.5) is 18.7 Å². The Bertz CT molecular complexity index is 1640. The first-order valence-electron chi connectivity index (χ1n) is 12.2. The summed E-state index contributed by atoms with van der Waals surface area (Å²) < 4.78 is 40.5. The van der Waals surface area contributed by atoms with Gasteiger partial charge < -0.3 is 19.5 Å². The highest BCUT2D eigenvalue weighted by Gasteiger charge is 2.70. The zero-order valence-corrected chi connectivity index (χ0v) is 21.4. The summed E-state index contributed by atoms with van der Waals surface area (Å²) in [6, 6.07) is 7.72. The van der Waals surface area contributed by atoms with Crippen LogP contribution in [-0.4, -0.2) is 59.7 Å². The first-order valence-corrected chi connectivity index (χ1v) is 13.1. The fourth-order valence-electron chi connectivity index (χ4n) is 5.73. The Kier molecular flexibility index (Phi) is 5.10. The smallest absolute Gasteiger partial charge is 0.464 e. The van der Waals surface area contributed by atoms with E-state index in [2.05, 4.69) is 19.8 Å². The Labute approximate surface area is 228 Å². The highest BCUT2D eigenvalue weighted by Crippen LogP contribution is 2.54. The van der Waals surface area contributed by atoms with Crippen molar-refractivity contribution in [2.45, 2.75) is 30.8 Å². The largest absolute Gasteiger partial charge is 0.586 e. The van der Waals surface area contributed by atoms with Crippen molar-refractivity contribution < 1.29 is 42.2 Å². The highest BCUT2D eigenvalue weighted by molar-refractivity contribution is 7.14. The molecule has 3 unspecified atom stereocenters. The second-order valence-electron chi connectivity index (χ2n) is 9.80. The number of rotatable bonds is 4. The molecule has 3 aromatic rings. The van der Waals surface area contributed by atoms with Gasteiger partial charge >= 0.3 is 24.2 Å². The van der Waals surface area contributed by atoms with E-state index in [9.17, 15) is 28.0 Å². The lowest BCUT2D eigenvalue weighted by molar-refractivity contribution is -0.286. The minimum absolute atomic E-state index is 0.0611. The van der Waals surface area contributed by atoms with Gasteiger partial charge in [-0.05, 0) is 23.3 Å². The number of hydrogen-bond donors (Lipinski definition) is 1. The van der Waals surface area contributed by atoms with E-state index in [1.165, 1.54) is 30.7 Å². The lowest BCUT2D eigenvalue weighted by Gasteiger charge is -2.25. The molecule has 5 heterocycles. The number of hydrogen-bond acceptors (Lipinski definition) is 9. The van der Waals surface area contributed by atoms with Crippen molar-refractivity contribution in [1.29, 1.82) is 0 Å². The highest BCUT2D eigenvalue weighted by atomic mass is 32.1. The van der Waals surface area contributed by atoms with Gasteiger partial charge in [0.05, 0.1) is 7.11 Å². The Morgan fingerprint density at radius 1 is 1.18 bits per heavy atom. The van der Waals surface area contributed by atoms with Crippen molar-refractivity contribution in [1.82, 2.24) is 19.7 Å². The number of thiazole rings is 1. The molecule has 4 amide bonds. The molecule has 4 aliphatic heterocycles. The summed E-state index contributed by atoms with van der Waals surface area (Å²) in [6.07, 6.45) is -3.76. The number of carbonyl (C=O) groups excluding carboxylic acids is 4. The third-order valence-electron chi connectivity index (χ3n) is 7.63. The molecule has 4 aliphatic rings. The quantitative estimate of drug-likeness (QED) is 0.220. The van der Waals surface area contributed by atoms with E-state index in [-0.39, 0.29) is 39.7 Å². The van der Waals surface area contributed by atoms with Crippen LogP contribution in [0.1, 0.15) is 39.3 Å². The summed E-state index contributed by atoms with van der Waals surface area (Å²) in [4.78, 5) is 58.6. The Hall–Kier alpha value is -4.43. The van der Waals surface area contributed by atoms with Gasteiger partial charge in [-0.25, -0.2) is 19.3 Å². The van der Waals surface area contributed by atoms with Crippen LogP contribution in [-0.2, 0) is 20.7 Å². The van der Waals surface area contributed by atoms with E-state index >= 15 is 0 Å². The molecule has 204 valence electrons. The average molecular weight is 570 g/mol. The number of methoxy groups -OCH3 is 1. The SMILES string of the molecule is COC(=O)c1csc([N+]23CC2c2ccccc2C[C@H](N2C(=O)NC(c4ccc5c(c4)OC(F)(F)O5)C2=O)C3=O)n1. The molecule has 2 fully saturated rings. The first-order chi connectivity index (χ1) is 19.1. The summed E-state index contributed by atoms with van der Waals surface area (Å²) in [6.45, 7) is 0.351. The van der Waals surface area contributed by atoms with Crippen LogP contribution in [0.5, 0.6) is 11.5 Å². The molecule has 0 radical (unpaired) electrons. The lowest BCUT2D eigenvalue weighted by atomic mass is 9.98. The Morgan fingerprint density at radius 2 is 1.95 bits per heavy atom. The van der Waals surface area contributed by atoms with E-state index in [1.54, 1.807) is 0 Å². The van der Waals surface area contributed by atoms with Gasteiger partial charge in [-0.15, -0.1) is 8.78 Å². The van der Waals surface area contributed by atoms with Gasteiger partial charge in [0.1, 0.15) is 6.04 Å². The van der Waals surface area contributed by atoms with Gasteiger partial charge in [0.2, 0.25) is 0 Å². The number of fused-ring (bicyclic) bond motifs is 4. The first kappa shape index (κ1) is 24.6. The van der Waals surface area contributed by atoms with Crippen molar-refractivity contribution >= 4 is 40.3 Å². The number of quaternary nitrogens is 1. The zero-order chi connectivity index (χ0) is 28.0. The van der Waals surface area contributed by atoms with Gasteiger partial charge in [-0.2, -0.15) is 9.47 Å². The summed E-state index contributed by atoms with van der Waals surface area (Å²) in [5.74, 6) is -2.24. The minimum atomic E-state index is -3.84. The Morgan fingerprint density at radius 3 is 2.75 bits per heavy atom. The molecular formula is C26H19F2N4O7S+. The van der Waals surface area contributed by atoms with Gasteiger partial charge in [0.25, 0.3) is 11.0 Å². The monoisotopic (exact) mass is 569 g/mol. The lowest BCUT2D eigenvalue weighted by Crippen LogP contribution is -2.53. The van der Waals surface area contributed by atoms with Crippen LogP contribution in [0.2, 0.25) is 0 Å². The van der Waals surface area contributed by atoms with Crippen molar-refractivity contribution in [3.63, 3.8) is 0 Å². The molecule has 0 saturated carbocycles. The van der Waals surface area contributed by atoms with Gasteiger partial charge in [0, 0.05) is 17.4 Å². The second kappa shape index (κ2) is 8.29. The van der Waals surface area contributed by atoms with Gasteiger partial charge in [0.15, 0.2) is 35.8 Å². The third kappa shape index (κ3) is 3.45. The van der Waals surface area contributed by atoms with Crippen LogP contribution < -0.4 is 19.3 Å². The number of nitrogens with one attached hydrogen (secondary N) is 1. The molecular weight excluding hydrogens is 550 g/mol. The Balaban J connectivity index is 1.26. The van der Waals surface area contributed by atoms with Crippen LogP contribution >= 0.6 is 11.3 Å². The molecule has 40 heavy (non-hydrogen) atoms. The minimum Gasteiger partial charge on any atom is -0.464 e. The number of nitrogens with zero attached hydrogens (tertiary/aromatic N) is 3. The van der Waals surface area contributed by atoms with Crippen molar-refractivity contribution in [3.8, 4) is 11.5 Å². The van der Waals surface area contributed by atoms with Crippen molar-refractivity contribution in [2.75, 3.05) is 13.7 Å². The van der Waals surface area contributed by atoms with E-state index in [0.29, 0.717) is 11.7 Å². The normalized spacial score (nSPS) is 27.5. The van der Waals surface area contributed by atoms with Crippen molar-refractivity contribution in [2.24, 2.45) is 0 Å². The number of urea groups is 1. The molecule has 14 heteroatoms. The second-order valence-corrected chi connectivity index (χ2v) is 10.6. The number of amides is 4. The standard InChI is InChI=1S/C26H18F2N4O7S/c1-37-23(35)15-11-40-25(29-15)32-10-17(32)14-5-3-2-4-12(14)8-16(22(32)34)31-21(33)20(30-24(31)36)13-6-7-18-19(9-13)39-26(27,28)38-18/h2-7,9,11,16-17,20H,8,10H2,1H3/p+1/t16-,17?,20?,32?/m0/s1. The summed E-state index contributed by atoms with van der Waals surface area (Å²) >= 11 is 1.13. The molecule has 2 aromatic carbocycles. The van der Waals surface area contributed by atoms with Crippen LogP contribution in [0, 0.1) is 0 Å². The fraction of sp³-hybridized carbons (Fsp3) is 0.269. The summed E-state index contributed by atoms with van der Waals surface area (Å²) in [7, 11) is 1.23. The summed E-state index contributed by atoms with van der Waals surface area (Å²) in [5.41, 5.74) is 1.96. The molecule has 11 nitrogen and oxygen atoms in total. The number of halogens is 2. The average Bonchev–Trinajstić information content (AvgIpc) is 3.18. The van der Waals surface area contributed by atoms with E-state index in [4.69, 9.17) is 4.74 Å². The van der Waals surface area contributed by atoms with E-state index in [0.717, 1.165) is 27.4 Å². The predicted octanol–water partition coefficient (Wildman–Crippen LogP) is 3.06. The molecule has 2 saturated heterocycles. The van der Waals surface area contributed by atoms with E-state index < -0.39 is 42.2 Å². The number of alkyl halides is 2. The molecule has 7 rings (SSSR count). The van der Waals surface area contributed by atoms with Crippen LogP contribution in [0.15, 0.2) is 47.8 Å². The topological polar surface area (TPSA) is 124 Å². The molecule has 0 aliphatic carbocycles. The molecule has 0 spiro atoms. The fourth-order valence-corrected chi connectivity index (χ4v) is 6.72. The predicted molar refractivity (Wildman–Crippen MR) is 133 cm³/mol.